The van der Waals surface area contributed by atoms with Gasteiger partial charge in [0.25, 0.3) is 0 Å². The van der Waals surface area contributed by atoms with Gasteiger partial charge < -0.3 is 9.64 Å². The number of esters is 1. The lowest BCUT2D eigenvalue weighted by molar-refractivity contribution is 0.0520. The Morgan fingerprint density at radius 3 is 2.81 bits per heavy atom. The Kier molecular flexibility index (Phi) is 5.36. The number of carbonyl (C=O) groups excluding carboxylic acids is 1. The van der Waals surface area contributed by atoms with Crippen molar-refractivity contribution in [1.29, 1.82) is 0 Å². The van der Waals surface area contributed by atoms with E-state index in [2.05, 4.69) is 28.9 Å². The van der Waals surface area contributed by atoms with Crippen LogP contribution in [0.4, 0.5) is 0 Å². The predicted molar refractivity (Wildman–Crippen MR) is 81.2 cm³/mol. The average molecular weight is 294 g/mol. The van der Waals surface area contributed by atoms with Crippen LogP contribution in [-0.4, -0.2) is 64.9 Å². The van der Waals surface area contributed by atoms with Crippen molar-refractivity contribution < 1.29 is 9.53 Å². The van der Waals surface area contributed by atoms with E-state index >= 15 is 0 Å². The number of hydrogen-bond donors (Lipinski definition) is 0. The van der Waals surface area contributed by atoms with Crippen LogP contribution in [0.2, 0.25) is 0 Å². The number of carbonyl (C=O) groups is 1. The van der Waals surface area contributed by atoms with E-state index in [1.807, 2.05) is 14.0 Å². The summed E-state index contributed by atoms with van der Waals surface area (Å²) < 4.78 is 6.89. The summed E-state index contributed by atoms with van der Waals surface area (Å²) in [5, 5.41) is 4.22. The van der Waals surface area contributed by atoms with Gasteiger partial charge in [0.1, 0.15) is 5.56 Å². The minimum Gasteiger partial charge on any atom is -0.462 e. The molecule has 1 aromatic rings. The van der Waals surface area contributed by atoms with Crippen LogP contribution in [0.3, 0.4) is 0 Å². The van der Waals surface area contributed by atoms with E-state index in [-0.39, 0.29) is 5.97 Å². The largest absolute Gasteiger partial charge is 0.462 e. The number of aryl methyl sites for hydroxylation is 1. The molecular formula is C15H26N4O2. The summed E-state index contributed by atoms with van der Waals surface area (Å²) in [5.41, 5.74) is 1.53. The van der Waals surface area contributed by atoms with Crippen LogP contribution in [0.15, 0.2) is 6.20 Å². The van der Waals surface area contributed by atoms with Crippen molar-refractivity contribution in [2.45, 2.75) is 32.9 Å². The third-order valence-corrected chi connectivity index (χ3v) is 4.26. The minimum absolute atomic E-state index is 0.276. The Hall–Kier alpha value is -1.40. The Labute approximate surface area is 126 Å². The fourth-order valence-corrected chi connectivity index (χ4v) is 2.84. The predicted octanol–water partition coefficient (Wildman–Crippen LogP) is 1.12. The molecule has 1 unspecified atom stereocenters. The van der Waals surface area contributed by atoms with Crippen LogP contribution in [0.5, 0.6) is 0 Å². The van der Waals surface area contributed by atoms with Gasteiger partial charge in [0, 0.05) is 39.3 Å². The van der Waals surface area contributed by atoms with Crippen LogP contribution in [0.1, 0.15) is 36.3 Å². The highest BCUT2D eigenvalue weighted by molar-refractivity contribution is 5.90. The van der Waals surface area contributed by atoms with Crippen molar-refractivity contribution in [3.8, 4) is 0 Å². The number of hydrogen-bond acceptors (Lipinski definition) is 5. The minimum atomic E-state index is -0.276. The molecule has 0 aliphatic carbocycles. The zero-order valence-electron chi connectivity index (χ0n) is 13.5. The number of likely N-dealkylation sites (N-methyl/N-ethyl adjacent to an activating group) is 1. The first-order chi connectivity index (χ1) is 10.1. The monoisotopic (exact) mass is 294 g/mol. The first-order valence-electron chi connectivity index (χ1n) is 7.67. The lowest BCUT2D eigenvalue weighted by Gasteiger charge is -2.39. The van der Waals surface area contributed by atoms with Gasteiger partial charge in [0.05, 0.1) is 18.5 Å². The molecule has 1 aliphatic rings. The lowest BCUT2D eigenvalue weighted by Crippen LogP contribution is -2.50. The van der Waals surface area contributed by atoms with Gasteiger partial charge in [-0.05, 0) is 20.4 Å². The summed E-state index contributed by atoms with van der Waals surface area (Å²) in [7, 11) is 4.06. The maximum atomic E-state index is 12.0. The van der Waals surface area contributed by atoms with Gasteiger partial charge in [-0.15, -0.1) is 0 Å². The van der Waals surface area contributed by atoms with Gasteiger partial charge in [-0.25, -0.2) is 4.79 Å². The Balaban J connectivity index is 2.09. The molecule has 1 fully saturated rings. The highest BCUT2D eigenvalue weighted by Crippen LogP contribution is 2.16. The van der Waals surface area contributed by atoms with E-state index < -0.39 is 0 Å². The Bertz CT molecular complexity index is 486. The van der Waals surface area contributed by atoms with Crippen molar-refractivity contribution in [3.63, 3.8) is 0 Å². The third kappa shape index (κ3) is 3.63. The molecular weight excluding hydrogens is 268 g/mol. The molecule has 2 heterocycles. The van der Waals surface area contributed by atoms with Gasteiger partial charge >= 0.3 is 5.97 Å². The van der Waals surface area contributed by atoms with Gasteiger partial charge in [-0.2, -0.15) is 5.10 Å². The summed E-state index contributed by atoms with van der Waals surface area (Å²) in [6.07, 6.45) is 2.75. The van der Waals surface area contributed by atoms with Crippen LogP contribution >= 0.6 is 0 Å². The number of piperazine rings is 1. The second-order valence-corrected chi connectivity index (χ2v) is 5.63. The highest BCUT2D eigenvalue weighted by Gasteiger charge is 2.25. The van der Waals surface area contributed by atoms with Crippen LogP contribution in [0, 0.1) is 0 Å². The third-order valence-electron chi connectivity index (χ3n) is 4.26. The molecule has 6 nitrogen and oxygen atoms in total. The van der Waals surface area contributed by atoms with E-state index in [1.54, 1.807) is 10.9 Å². The van der Waals surface area contributed by atoms with Crippen molar-refractivity contribution in [2.75, 3.05) is 33.3 Å². The zero-order valence-corrected chi connectivity index (χ0v) is 13.5. The fourth-order valence-electron chi connectivity index (χ4n) is 2.84. The second-order valence-electron chi connectivity index (χ2n) is 5.63. The van der Waals surface area contributed by atoms with Crippen molar-refractivity contribution in [2.24, 2.45) is 7.05 Å². The van der Waals surface area contributed by atoms with Gasteiger partial charge in [-0.3, -0.25) is 9.58 Å². The maximum Gasteiger partial charge on any atom is 0.341 e. The normalized spacial score (nSPS) is 20.7. The molecule has 0 saturated carbocycles. The van der Waals surface area contributed by atoms with Crippen LogP contribution in [0.25, 0.3) is 0 Å². The summed E-state index contributed by atoms with van der Waals surface area (Å²) >= 11 is 0. The molecule has 6 heteroatoms. The SMILES string of the molecule is CCOC(=O)c1cnn(C)c1CN1CCN(C)C(CC)C1. The van der Waals surface area contributed by atoms with Crippen molar-refractivity contribution in [1.82, 2.24) is 19.6 Å². The molecule has 0 radical (unpaired) electrons. The molecule has 118 valence electrons. The quantitative estimate of drug-likeness (QED) is 0.762. The molecule has 1 saturated heterocycles. The number of aromatic nitrogens is 2. The second kappa shape index (κ2) is 7.04. The molecule has 0 spiro atoms. The van der Waals surface area contributed by atoms with Crippen LogP contribution < -0.4 is 0 Å². The zero-order chi connectivity index (χ0) is 15.4. The standard InChI is InChI=1S/C15H26N4O2/c1-5-12-10-19(8-7-17(12)3)11-14-13(9-16-18(14)4)15(20)21-6-2/h9,12H,5-8,10-11H2,1-4H3. The summed E-state index contributed by atoms with van der Waals surface area (Å²) in [6.45, 7) is 8.28. The molecule has 0 N–H and O–H groups in total. The molecule has 21 heavy (non-hydrogen) atoms. The van der Waals surface area contributed by atoms with E-state index in [0.29, 0.717) is 18.2 Å². The number of rotatable bonds is 5. The Morgan fingerprint density at radius 1 is 1.38 bits per heavy atom. The summed E-state index contributed by atoms with van der Waals surface area (Å²) in [5.74, 6) is -0.276. The molecule has 1 aliphatic heterocycles. The summed E-state index contributed by atoms with van der Waals surface area (Å²) in [4.78, 5) is 16.8. The highest BCUT2D eigenvalue weighted by atomic mass is 16.5. The van der Waals surface area contributed by atoms with E-state index in [1.165, 1.54) is 0 Å². The molecule has 0 aromatic carbocycles. The molecule has 0 bridgehead atoms. The topological polar surface area (TPSA) is 50.6 Å². The maximum absolute atomic E-state index is 12.0. The fraction of sp³-hybridized carbons (Fsp3) is 0.733. The number of ether oxygens (including phenoxy) is 1. The van der Waals surface area contributed by atoms with Gasteiger partial charge in [0.2, 0.25) is 0 Å². The first kappa shape index (κ1) is 16.0. The van der Waals surface area contributed by atoms with Gasteiger partial charge in [-0.1, -0.05) is 6.92 Å². The van der Waals surface area contributed by atoms with E-state index in [0.717, 1.165) is 38.3 Å². The summed E-state index contributed by atoms with van der Waals surface area (Å²) in [6, 6.07) is 0.582. The Morgan fingerprint density at radius 2 is 2.14 bits per heavy atom. The number of nitrogens with zero attached hydrogens (tertiary/aromatic N) is 4. The van der Waals surface area contributed by atoms with E-state index in [9.17, 15) is 4.79 Å². The molecule has 2 rings (SSSR count). The van der Waals surface area contributed by atoms with E-state index in [4.69, 9.17) is 4.74 Å². The van der Waals surface area contributed by atoms with Crippen LogP contribution in [-0.2, 0) is 18.3 Å². The molecule has 1 atom stereocenters. The molecule has 0 amide bonds. The van der Waals surface area contributed by atoms with Crippen molar-refractivity contribution in [3.05, 3.63) is 17.5 Å². The average Bonchev–Trinajstić information content (AvgIpc) is 2.82. The van der Waals surface area contributed by atoms with Gasteiger partial charge in [0.15, 0.2) is 0 Å². The first-order valence-corrected chi connectivity index (χ1v) is 7.67. The smallest absolute Gasteiger partial charge is 0.341 e. The lowest BCUT2D eigenvalue weighted by atomic mass is 10.1. The molecule has 1 aromatic heterocycles. The van der Waals surface area contributed by atoms with Crippen molar-refractivity contribution >= 4 is 5.97 Å².